The smallest absolute Gasteiger partial charge is 0.315 e. The quantitative estimate of drug-likeness (QED) is 0.789. The van der Waals surface area contributed by atoms with Crippen molar-refractivity contribution in [1.82, 2.24) is 25.2 Å². The third-order valence-corrected chi connectivity index (χ3v) is 4.64. The zero-order valence-electron chi connectivity index (χ0n) is 15.0. The van der Waals surface area contributed by atoms with Gasteiger partial charge < -0.3 is 10.6 Å². The van der Waals surface area contributed by atoms with Crippen LogP contribution in [0.4, 0.5) is 4.79 Å². The van der Waals surface area contributed by atoms with Crippen LogP contribution in [-0.4, -0.2) is 33.2 Å². The second kappa shape index (κ2) is 7.09. The number of urea groups is 1. The predicted molar refractivity (Wildman–Crippen MR) is 94.2 cm³/mol. The Bertz CT molecular complexity index is 830. The van der Waals surface area contributed by atoms with Gasteiger partial charge in [-0.2, -0.15) is 10.4 Å². The van der Waals surface area contributed by atoms with Crippen LogP contribution in [-0.2, 0) is 6.42 Å². The molecule has 7 heteroatoms. The van der Waals surface area contributed by atoms with Crippen molar-refractivity contribution in [3.8, 4) is 6.07 Å². The molecule has 25 heavy (non-hydrogen) atoms. The number of carbonyl (C=O) groups is 1. The molecule has 1 aliphatic rings. The number of aromatic nitrogens is 3. The van der Waals surface area contributed by atoms with E-state index < -0.39 is 0 Å². The number of amides is 2. The Morgan fingerprint density at radius 1 is 1.48 bits per heavy atom. The second-order valence-corrected chi connectivity index (χ2v) is 6.84. The van der Waals surface area contributed by atoms with Crippen LogP contribution in [0.3, 0.4) is 0 Å². The standard InChI is InChI=1S/C18H24N6O/c1-11-9-12(2)24-17(21-11)15(10-19)16(23-24)5-4-8-20-18(25)22-13(3)14-6-7-14/h9,13-14H,4-8H2,1-3H3,(H2,20,22,25)/t13-/m1/s1. The summed E-state index contributed by atoms with van der Waals surface area (Å²) in [5.41, 5.74) is 3.70. The number of carbonyl (C=O) groups excluding carboxylic acids is 1. The molecule has 2 heterocycles. The van der Waals surface area contributed by atoms with Gasteiger partial charge in [0.2, 0.25) is 0 Å². The average Bonchev–Trinajstić information content (AvgIpc) is 3.34. The van der Waals surface area contributed by atoms with Gasteiger partial charge in [0.25, 0.3) is 0 Å². The summed E-state index contributed by atoms with van der Waals surface area (Å²) >= 11 is 0. The fourth-order valence-corrected chi connectivity index (χ4v) is 3.08. The molecule has 2 aromatic rings. The van der Waals surface area contributed by atoms with Gasteiger partial charge in [-0.25, -0.2) is 14.3 Å². The maximum Gasteiger partial charge on any atom is 0.315 e. The van der Waals surface area contributed by atoms with Crippen molar-refractivity contribution >= 4 is 11.7 Å². The van der Waals surface area contributed by atoms with Crippen molar-refractivity contribution < 1.29 is 4.79 Å². The van der Waals surface area contributed by atoms with E-state index in [0.29, 0.717) is 30.1 Å². The number of nitrogens with zero attached hydrogens (tertiary/aromatic N) is 4. The molecule has 0 saturated heterocycles. The van der Waals surface area contributed by atoms with E-state index in [1.165, 1.54) is 12.8 Å². The highest BCUT2D eigenvalue weighted by molar-refractivity contribution is 5.74. The zero-order chi connectivity index (χ0) is 18.0. The van der Waals surface area contributed by atoms with Crippen molar-refractivity contribution in [3.63, 3.8) is 0 Å². The van der Waals surface area contributed by atoms with Gasteiger partial charge in [0.1, 0.15) is 11.6 Å². The number of rotatable bonds is 6. The Labute approximate surface area is 147 Å². The molecule has 3 rings (SSSR count). The normalized spacial score (nSPS) is 15.0. The molecule has 0 aromatic carbocycles. The molecule has 1 saturated carbocycles. The molecule has 0 unspecified atom stereocenters. The highest BCUT2D eigenvalue weighted by atomic mass is 16.2. The second-order valence-electron chi connectivity index (χ2n) is 6.84. The van der Waals surface area contributed by atoms with Crippen LogP contribution in [0.25, 0.3) is 5.65 Å². The van der Waals surface area contributed by atoms with Crippen LogP contribution in [0.5, 0.6) is 0 Å². The van der Waals surface area contributed by atoms with Gasteiger partial charge in [-0.05, 0) is 58.4 Å². The van der Waals surface area contributed by atoms with Crippen molar-refractivity contribution in [3.05, 3.63) is 28.7 Å². The van der Waals surface area contributed by atoms with E-state index in [0.717, 1.165) is 23.5 Å². The number of nitriles is 1. The van der Waals surface area contributed by atoms with E-state index >= 15 is 0 Å². The van der Waals surface area contributed by atoms with Gasteiger partial charge in [-0.15, -0.1) is 0 Å². The Kier molecular flexibility index (Phi) is 4.88. The number of fused-ring (bicyclic) bond motifs is 1. The number of hydrogen-bond acceptors (Lipinski definition) is 4. The van der Waals surface area contributed by atoms with E-state index in [9.17, 15) is 10.1 Å². The summed E-state index contributed by atoms with van der Waals surface area (Å²) in [6, 6.07) is 4.28. The lowest BCUT2D eigenvalue weighted by molar-refractivity contribution is 0.236. The molecule has 0 aliphatic heterocycles. The van der Waals surface area contributed by atoms with Gasteiger partial charge in [0.05, 0.1) is 5.69 Å². The summed E-state index contributed by atoms with van der Waals surface area (Å²) in [6.45, 7) is 6.45. The molecule has 1 aliphatic carbocycles. The summed E-state index contributed by atoms with van der Waals surface area (Å²) in [5, 5.41) is 19.8. The first kappa shape index (κ1) is 17.2. The topological polar surface area (TPSA) is 95.1 Å². The van der Waals surface area contributed by atoms with Crippen molar-refractivity contribution in [2.75, 3.05) is 6.54 Å². The van der Waals surface area contributed by atoms with Crippen LogP contribution in [0.2, 0.25) is 0 Å². The largest absolute Gasteiger partial charge is 0.338 e. The minimum absolute atomic E-state index is 0.122. The van der Waals surface area contributed by atoms with Gasteiger partial charge >= 0.3 is 6.03 Å². The molecule has 0 radical (unpaired) electrons. The molecular weight excluding hydrogens is 316 g/mol. The van der Waals surface area contributed by atoms with Gasteiger partial charge in [-0.1, -0.05) is 0 Å². The fraction of sp³-hybridized carbons (Fsp3) is 0.556. The zero-order valence-corrected chi connectivity index (χ0v) is 15.0. The van der Waals surface area contributed by atoms with Gasteiger partial charge in [-0.3, -0.25) is 0 Å². The first-order valence-corrected chi connectivity index (χ1v) is 8.80. The molecule has 1 fully saturated rings. The molecule has 0 spiro atoms. The van der Waals surface area contributed by atoms with E-state index in [2.05, 4.69) is 26.8 Å². The number of aryl methyl sites for hydroxylation is 3. The summed E-state index contributed by atoms with van der Waals surface area (Å²) in [5.74, 6) is 0.640. The third-order valence-electron chi connectivity index (χ3n) is 4.64. The minimum Gasteiger partial charge on any atom is -0.338 e. The first-order chi connectivity index (χ1) is 12.0. The van der Waals surface area contributed by atoms with Crippen LogP contribution in [0.15, 0.2) is 6.07 Å². The summed E-state index contributed by atoms with van der Waals surface area (Å²) < 4.78 is 1.72. The van der Waals surface area contributed by atoms with Crippen molar-refractivity contribution in [2.24, 2.45) is 5.92 Å². The predicted octanol–water partition coefficient (Wildman–Crippen LogP) is 2.25. The lowest BCUT2D eigenvalue weighted by atomic mass is 10.1. The summed E-state index contributed by atoms with van der Waals surface area (Å²) in [7, 11) is 0. The van der Waals surface area contributed by atoms with Gasteiger partial charge in [0, 0.05) is 24.0 Å². The first-order valence-electron chi connectivity index (χ1n) is 8.80. The van der Waals surface area contributed by atoms with Crippen LogP contribution in [0.1, 0.15) is 48.8 Å². The highest BCUT2D eigenvalue weighted by Gasteiger charge is 2.28. The molecule has 0 bridgehead atoms. The molecule has 1 atom stereocenters. The number of nitrogens with one attached hydrogen (secondary N) is 2. The SMILES string of the molecule is Cc1cc(C)n2nc(CCCNC(=O)N[C@H](C)C3CC3)c(C#N)c2n1. The van der Waals surface area contributed by atoms with Crippen LogP contribution in [0, 0.1) is 31.1 Å². The van der Waals surface area contributed by atoms with E-state index in [4.69, 9.17) is 0 Å². The van der Waals surface area contributed by atoms with E-state index in [1.807, 2.05) is 26.8 Å². The maximum atomic E-state index is 11.8. The lowest BCUT2D eigenvalue weighted by Crippen LogP contribution is -2.42. The van der Waals surface area contributed by atoms with E-state index in [1.54, 1.807) is 4.52 Å². The highest BCUT2D eigenvalue weighted by Crippen LogP contribution is 2.32. The summed E-state index contributed by atoms with van der Waals surface area (Å²) in [6.07, 6.45) is 3.77. The fourth-order valence-electron chi connectivity index (χ4n) is 3.08. The minimum atomic E-state index is -0.122. The van der Waals surface area contributed by atoms with Crippen LogP contribution < -0.4 is 10.6 Å². The van der Waals surface area contributed by atoms with E-state index in [-0.39, 0.29) is 12.1 Å². The Hall–Kier alpha value is -2.62. The Morgan fingerprint density at radius 3 is 2.92 bits per heavy atom. The molecular formula is C18H24N6O. The molecule has 132 valence electrons. The van der Waals surface area contributed by atoms with Crippen LogP contribution >= 0.6 is 0 Å². The third kappa shape index (κ3) is 3.90. The molecule has 2 aromatic heterocycles. The monoisotopic (exact) mass is 340 g/mol. The molecule has 2 N–H and O–H groups in total. The summed E-state index contributed by atoms with van der Waals surface area (Å²) in [4.78, 5) is 16.3. The average molecular weight is 340 g/mol. The lowest BCUT2D eigenvalue weighted by Gasteiger charge is -2.13. The maximum absolute atomic E-state index is 11.8. The Morgan fingerprint density at radius 2 is 2.24 bits per heavy atom. The van der Waals surface area contributed by atoms with Crippen molar-refractivity contribution in [2.45, 2.75) is 52.5 Å². The molecule has 7 nitrogen and oxygen atoms in total. The Balaban J connectivity index is 1.57. The molecule has 2 amide bonds. The number of hydrogen-bond donors (Lipinski definition) is 2. The van der Waals surface area contributed by atoms with Crippen molar-refractivity contribution in [1.29, 1.82) is 5.26 Å². The van der Waals surface area contributed by atoms with Gasteiger partial charge in [0.15, 0.2) is 5.65 Å².